The van der Waals surface area contributed by atoms with Gasteiger partial charge in [-0.15, -0.1) is 0 Å². The first-order valence-corrected chi connectivity index (χ1v) is 6.66. The summed E-state index contributed by atoms with van der Waals surface area (Å²) in [5.41, 5.74) is 0.340. The molecule has 1 aromatic rings. The summed E-state index contributed by atoms with van der Waals surface area (Å²) in [6.07, 6.45) is 0.653. The van der Waals surface area contributed by atoms with Crippen LogP contribution in [0.25, 0.3) is 0 Å². The molecule has 0 radical (unpaired) electrons. The second-order valence-corrected chi connectivity index (χ2v) is 5.00. The predicted octanol–water partition coefficient (Wildman–Crippen LogP) is 2.39. The number of carbonyl (C=O) groups excluding carboxylic acids is 1. The first kappa shape index (κ1) is 13.1. The third-order valence-electron chi connectivity index (χ3n) is 1.96. The molecule has 0 aromatic heterocycles. The van der Waals surface area contributed by atoms with Crippen molar-refractivity contribution in [2.75, 3.05) is 13.2 Å². The standard InChI is InChI=1S/C11H15O4P/c1-3-14-16(13,15-4-2)11-8-6-5-7-10(11)9-12/h5-9H,3-4H2,1-2H3. The van der Waals surface area contributed by atoms with E-state index in [1.807, 2.05) is 0 Å². The summed E-state index contributed by atoms with van der Waals surface area (Å²) in [4.78, 5) is 10.9. The predicted molar refractivity (Wildman–Crippen MR) is 62.3 cm³/mol. The number of benzene rings is 1. The van der Waals surface area contributed by atoms with E-state index in [0.717, 1.165) is 0 Å². The SMILES string of the molecule is CCOP(=O)(OCC)c1ccccc1C=O. The fourth-order valence-corrected chi connectivity index (χ4v) is 3.10. The smallest absolute Gasteiger partial charge is 0.305 e. The van der Waals surface area contributed by atoms with Crippen LogP contribution in [0, 0.1) is 0 Å². The zero-order valence-corrected chi connectivity index (χ0v) is 10.3. The summed E-state index contributed by atoms with van der Waals surface area (Å²) in [6.45, 7) is 4.00. The van der Waals surface area contributed by atoms with Crippen LogP contribution >= 0.6 is 7.60 Å². The Balaban J connectivity index is 3.20. The van der Waals surface area contributed by atoms with Gasteiger partial charge in [-0.2, -0.15) is 0 Å². The monoisotopic (exact) mass is 242 g/mol. The molecule has 0 spiro atoms. The molecule has 1 aromatic carbocycles. The summed E-state index contributed by atoms with van der Waals surface area (Å²) in [6, 6.07) is 6.59. The van der Waals surface area contributed by atoms with Gasteiger partial charge in [-0.25, -0.2) is 0 Å². The van der Waals surface area contributed by atoms with Crippen molar-refractivity contribution >= 4 is 19.2 Å². The fourth-order valence-electron chi connectivity index (χ4n) is 1.35. The Morgan fingerprint density at radius 3 is 2.25 bits per heavy atom. The lowest BCUT2D eigenvalue weighted by molar-refractivity contribution is 0.112. The van der Waals surface area contributed by atoms with E-state index >= 15 is 0 Å². The highest BCUT2D eigenvalue weighted by atomic mass is 31.2. The van der Waals surface area contributed by atoms with E-state index in [9.17, 15) is 9.36 Å². The highest BCUT2D eigenvalue weighted by Gasteiger charge is 2.28. The third-order valence-corrected chi connectivity index (χ3v) is 4.15. The molecule has 0 saturated heterocycles. The topological polar surface area (TPSA) is 52.6 Å². The number of hydrogen-bond acceptors (Lipinski definition) is 4. The Hall–Kier alpha value is -0.960. The molecule has 0 heterocycles. The van der Waals surface area contributed by atoms with E-state index in [1.165, 1.54) is 0 Å². The van der Waals surface area contributed by atoms with Gasteiger partial charge in [-0.1, -0.05) is 18.2 Å². The molecule has 4 nitrogen and oxygen atoms in total. The molecule has 0 saturated carbocycles. The Bertz CT molecular complexity index is 393. The Morgan fingerprint density at radius 1 is 1.19 bits per heavy atom. The maximum atomic E-state index is 12.4. The number of hydrogen-bond donors (Lipinski definition) is 0. The van der Waals surface area contributed by atoms with Gasteiger partial charge < -0.3 is 9.05 Å². The summed E-state index contributed by atoms with van der Waals surface area (Å²) < 4.78 is 22.7. The molecule has 0 atom stereocenters. The molecular formula is C11H15O4P. The number of aldehydes is 1. The van der Waals surface area contributed by atoms with Gasteiger partial charge in [0.25, 0.3) is 0 Å². The van der Waals surface area contributed by atoms with Crippen molar-refractivity contribution in [3.05, 3.63) is 29.8 Å². The van der Waals surface area contributed by atoms with Crippen LogP contribution in [0.5, 0.6) is 0 Å². The van der Waals surface area contributed by atoms with Crippen LogP contribution < -0.4 is 5.30 Å². The molecule has 0 aliphatic heterocycles. The van der Waals surface area contributed by atoms with Crippen LogP contribution in [0.3, 0.4) is 0 Å². The van der Waals surface area contributed by atoms with Gasteiger partial charge >= 0.3 is 7.60 Å². The zero-order chi connectivity index (χ0) is 12.0. The molecule has 0 aliphatic rings. The van der Waals surface area contributed by atoms with Crippen LogP contribution in [0.2, 0.25) is 0 Å². The van der Waals surface area contributed by atoms with Gasteiger partial charge in [0.1, 0.15) is 0 Å². The van der Waals surface area contributed by atoms with Gasteiger partial charge in [0.15, 0.2) is 6.29 Å². The van der Waals surface area contributed by atoms with Crippen LogP contribution in [-0.2, 0) is 13.6 Å². The quantitative estimate of drug-likeness (QED) is 0.567. The van der Waals surface area contributed by atoms with E-state index in [-0.39, 0.29) is 13.2 Å². The van der Waals surface area contributed by atoms with Gasteiger partial charge in [0, 0.05) is 5.56 Å². The summed E-state index contributed by atoms with van der Waals surface area (Å²) in [5, 5.41) is 0.328. The van der Waals surface area contributed by atoms with Crippen LogP contribution in [0.15, 0.2) is 24.3 Å². The average molecular weight is 242 g/mol. The van der Waals surface area contributed by atoms with Crippen molar-refractivity contribution in [2.45, 2.75) is 13.8 Å². The van der Waals surface area contributed by atoms with E-state index in [4.69, 9.17) is 9.05 Å². The Kier molecular flexibility index (Phi) is 4.87. The van der Waals surface area contributed by atoms with Gasteiger partial charge in [0.05, 0.1) is 18.5 Å². The fraction of sp³-hybridized carbons (Fsp3) is 0.364. The lowest BCUT2D eigenvalue weighted by Crippen LogP contribution is -2.15. The molecule has 0 unspecified atom stereocenters. The van der Waals surface area contributed by atoms with Crippen LogP contribution in [-0.4, -0.2) is 19.5 Å². The van der Waals surface area contributed by atoms with Gasteiger partial charge in [0.2, 0.25) is 0 Å². The van der Waals surface area contributed by atoms with Crippen molar-refractivity contribution in [3.63, 3.8) is 0 Å². The largest absolute Gasteiger partial charge is 0.362 e. The molecule has 16 heavy (non-hydrogen) atoms. The number of carbonyl (C=O) groups is 1. The van der Waals surface area contributed by atoms with Crippen molar-refractivity contribution in [1.82, 2.24) is 0 Å². The molecule has 88 valence electrons. The summed E-state index contributed by atoms with van der Waals surface area (Å²) in [5.74, 6) is 0. The third kappa shape index (κ3) is 2.79. The Morgan fingerprint density at radius 2 is 1.75 bits per heavy atom. The highest BCUT2D eigenvalue weighted by Crippen LogP contribution is 2.47. The van der Waals surface area contributed by atoms with E-state index in [2.05, 4.69) is 0 Å². The molecule has 0 bridgehead atoms. The minimum Gasteiger partial charge on any atom is -0.305 e. The van der Waals surface area contributed by atoms with E-state index in [0.29, 0.717) is 17.2 Å². The summed E-state index contributed by atoms with van der Waals surface area (Å²) in [7, 11) is -3.36. The van der Waals surface area contributed by atoms with Crippen molar-refractivity contribution in [1.29, 1.82) is 0 Å². The number of rotatable bonds is 6. The highest BCUT2D eigenvalue weighted by molar-refractivity contribution is 7.62. The molecule has 0 fully saturated rings. The van der Waals surface area contributed by atoms with Gasteiger partial charge in [-0.05, 0) is 19.9 Å². The Labute approximate surface area is 95.1 Å². The molecule has 0 aliphatic carbocycles. The molecule has 0 amide bonds. The second-order valence-electron chi connectivity index (χ2n) is 3.01. The maximum absolute atomic E-state index is 12.4. The molecule has 0 N–H and O–H groups in total. The van der Waals surface area contributed by atoms with E-state index in [1.54, 1.807) is 38.1 Å². The van der Waals surface area contributed by atoms with Crippen molar-refractivity contribution in [2.24, 2.45) is 0 Å². The lowest BCUT2D eigenvalue weighted by atomic mass is 10.2. The van der Waals surface area contributed by atoms with Crippen LogP contribution in [0.1, 0.15) is 24.2 Å². The average Bonchev–Trinajstić information content (AvgIpc) is 2.29. The lowest BCUT2D eigenvalue weighted by Gasteiger charge is -2.18. The molecule has 1 rings (SSSR count). The van der Waals surface area contributed by atoms with Crippen molar-refractivity contribution in [3.8, 4) is 0 Å². The second kappa shape index (κ2) is 5.94. The first-order valence-electron chi connectivity index (χ1n) is 5.11. The molecular weight excluding hydrogens is 227 g/mol. The minimum absolute atomic E-state index is 0.268. The summed E-state index contributed by atoms with van der Waals surface area (Å²) >= 11 is 0. The molecule has 5 heteroatoms. The zero-order valence-electron chi connectivity index (χ0n) is 9.38. The normalized spacial score (nSPS) is 11.4. The van der Waals surface area contributed by atoms with Gasteiger partial charge in [-0.3, -0.25) is 9.36 Å². The van der Waals surface area contributed by atoms with Crippen LogP contribution in [0.4, 0.5) is 0 Å². The minimum atomic E-state index is -3.36. The first-order chi connectivity index (χ1) is 7.68. The maximum Gasteiger partial charge on any atom is 0.362 e. The van der Waals surface area contributed by atoms with E-state index < -0.39 is 7.60 Å². The van der Waals surface area contributed by atoms with Crippen molar-refractivity contribution < 1.29 is 18.4 Å².